The van der Waals surface area contributed by atoms with Crippen LogP contribution in [0.3, 0.4) is 0 Å². The van der Waals surface area contributed by atoms with Crippen LogP contribution in [0.2, 0.25) is 0 Å². The van der Waals surface area contributed by atoms with Gasteiger partial charge >= 0.3 is 0 Å². The van der Waals surface area contributed by atoms with Crippen LogP contribution < -0.4 is 3.93 Å². The summed E-state index contributed by atoms with van der Waals surface area (Å²) >= 11 is 3.50. The van der Waals surface area contributed by atoms with Gasteiger partial charge in [0.15, 0.2) is 0 Å². The maximum atomic E-state index is 4.12. The van der Waals surface area contributed by atoms with Gasteiger partial charge < -0.3 is 0 Å². The smallest absolute Gasteiger partial charge is 0.243 e. The maximum absolute atomic E-state index is 4.12. The third-order valence-electron chi connectivity index (χ3n) is 2.63. The fourth-order valence-electron chi connectivity index (χ4n) is 1.82. The Kier molecular flexibility index (Phi) is 2.90. The number of halogens is 1. The molecular weight excluding hydrogens is 292 g/mol. The SMILES string of the molecule is BrN(c1ncncn1)c1cccc2ccccc12. The Hall–Kier alpha value is -2.01. The van der Waals surface area contributed by atoms with E-state index in [1.165, 1.54) is 18.0 Å². The minimum Gasteiger partial charge on any atom is -0.244 e. The molecule has 3 rings (SSSR count). The van der Waals surface area contributed by atoms with Gasteiger partial charge in [0.25, 0.3) is 0 Å². The van der Waals surface area contributed by atoms with Gasteiger partial charge in [0.1, 0.15) is 12.7 Å². The van der Waals surface area contributed by atoms with Crippen molar-refractivity contribution in [2.75, 3.05) is 3.93 Å². The monoisotopic (exact) mass is 300 g/mol. The van der Waals surface area contributed by atoms with E-state index in [9.17, 15) is 0 Å². The quantitative estimate of drug-likeness (QED) is 0.680. The Balaban J connectivity index is 2.15. The Bertz CT molecular complexity index is 667. The molecular formula is C13H9BrN4. The van der Waals surface area contributed by atoms with Crippen LogP contribution in [0.15, 0.2) is 55.1 Å². The second kappa shape index (κ2) is 4.70. The highest BCUT2D eigenvalue weighted by atomic mass is 79.9. The number of rotatable bonds is 2. The molecule has 0 atom stereocenters. The topological polar surface area (TPSA) is 41.9 Å². The lowest BCUT2D eigenvalue weighted by molar-refractivity contribution is 1.04. The molecule has 4 nitrogen and oxygen atoms in total. The molecule has 0 N–H and O–H groups in total. The molecule has 18 heavy (non-hydrogen) atoms. The zero-order valence-electron chi connectivity index (χ0n) is 9.36. The molecule has 0 aliphatic heterocycles. The molecule has 2 aromatic carbocycles. The molecule has 0 saturated heterocycles. The summed E-state index contributed by atoms with van der Waals surface area (Å²) in [6, 6.07) is 14.3. The summed E-state index contributed by atoms with van der Waals surface area (Å²) in [5.74, 6) is 0.557. The van der Waals surface area contributed by atoms with Crippen LogP contribution in [-0.2, 0) is 0 Å². The second-order valence-corrected chi connectivity index (χ2v) is 4.43. The molecule has 0 bridgehead atoms. The van der Waals surface area contributed by atoms with Crippen LogP contribution in [0.5, 0.6) is 0 Å². The molecule has 5 heteroatoms. The number of anilines is 2. The highest BCUT2D eigenvalue weighted by Crippen LogP contribution is 2.32. The van der Waals surface area contributed by atoms with Gasteiger partial charge in [-0.15, -0.1) is 0 Å². The first-order valence-corrected chi connectivity index (χ1v) is 6.13. The van der Waals surface area contributed by atoms with Crippen LogP contribution >= 0.6 is 16.1 Å². The Labute approximate surface area is 113 Å². The number of hydrogen-bond acceptors (Lipinski definition) is 4. The molecule has 0 aliphatic carbocycles. The molecule has 1 aromatic heterocycles. The van der Waals surface area contributed by atoms with Gasteiger partial charge in [0.2, 0.25) is 5.95 Å². The fraction of sp³-hybridized carbons (Fsp3) is 0. The summed E-state index contributed by atoms with van der Waals surface area (Å²) in [5, 5.41) is 2.31. The van der Waals surface area contributed by atoms with Gasteiger partial charge in [0.05, 0.1) is 21.8 Å². The highest BCUT2D eigenvalue weighted by molar-refractivity contribution is 9.10. The van der Waals surface area contributed by atoms with Crippen molar-refractivity contribution in [2.24, 2.45) is 0 Å². The Morgan fingerprint density at radius 3 is 2.44 bits per heavy atom. The predicted octanol–water partition coefficient (Wildman–Crippen LogP) is 3.47. The van der Waals surface area contributed by atoms with Crippen molar-refractivity contribution in [2.45, 2.75) is 0 Å². The van der Waals surface area contributed by atoms with Gasteiger partial charge in [-0.05, 0) is 11.5 Å². The predicted molar refractivity (Wildman–Crippen MR) is 74.8 cm³/mol. The molecule has 0 aliphatic rings. The number of benzene rings is 2. The van der Waals surface area contributed by atoms with Gasteiger partial charge in [-0.2, -0.15) is 0 Å². The van der Waals surface area contributed by atoms with Gasteiger partial charge in [-0.3, -0.25) is 0 Å². The number of aromatic nitrogens is 3. The lowest BCUT2D eigenvalue weighted by Crippen LogP contribution is -2.06. The first-order valence-electron chi connectivity index (χ1n) is 5.42. The lowest BCUT2D eigenvalue weighted by Gasteiger charge is -2.15. The Morgan fingerprint density at radius 1 is 0.889 bits per heavy atom. The van der Waals surface area contributed by atoms with E-state index in [0.717, 1.165) is 11.1 Å². The minimum absolute atomic E-state index is 0.557. The van der Waals surface area contributed by atoms with E-state index in [2.05, 4.69) is 49.3 Å². The van der Waals surface area contributed by atoms with E-state index < -0.39 is 0 Å². The van der Waals surface area contributed by atoms with E-state index in [-0.39, 0.29) is 0 Å². The van der Waals surface area contributed by atoms with Crippen molar-refractivity contribution in [3.63, 3.8) is 0 Å². The van der Waals surface area contributed by atoms with Crippen LogP contribution in [0.4, 0.5) is 11.6 Å². The fourth-order valence-corrected chi connectivity index (χ4v) is 2.31. The normalized spacial score (nSPS) is 10.5. The van der Waals surface area contributed by atoms with Crippen molar-refractivity contribution in [1.29, 1.82) is 0 Å². The maximum Gasteiger partial charge on any atom is 0.243 e. The molecule has 0 amide bonds. The highest BCUT2D eigenvalue weighted by Gasteiger charge is 2.11. The van der Waals surface area contributed by atoms with Crippen molar-refractivity contribution in [1.82, 2.24) is 15.0 Å². The summed E-state index contributed by atoms with van der Waals surface area (Å²) in [5.41, 5.74) is 0.999. The molecule has 1 heterocycles. The van der Waals surface area contributed by atoms with Gasteiger partial charge in [0, 0.05) is 5.39 Å². The van der Waals surface area contributed by atoms with Crippen LogP contribution in [0, 0.1) is 0 Å². The average molecular weight is 301 g/mol. The van der Waals surface area contributed by atoms with Crippen LogP contribution in [-0.4, -0.2) is 15.0 Å². The van der Waals surface area contributed by atoms with E-state index in [0.29, 0.717) is 5.95 Å². The molecule has 0 saturated carbocycles. The van der Waals surface area contributed by atoms with Crippen molar-refractivity contribution in [3.8, 4) is 0 Å². The van der Waals surface area contributed by atoms with Crippen LogP contribution in [0.25, 0.3) is 10.8 Å². The van der Waals surface area contributed by atoms with Gasteiger partial charge in [-0.25, -0.2) is 18.9 Å². The minimum atomic E-state index is 0.557. The van der Waals surface area contributed by atoms with E-state index in [1.54, 1.807) is 3.93 Å². The first-order chi connectivity index (χ1) is 8.86. The molecule has 0 fully saturated rings. The Morgan fingerprint density at radius 2 is 1.61 bits per heavy atom. The van der Waals surface area contributed by atoms with Gasteiger partial charge in [-0.1, -0.05) is 36.4 Å². The van der Waals surface area contributed by atoms with E-state index in [1.807, 2.05) is 24.3 Å². The lowest BCUT2D eigenvalue weighted by atomic mass is 10.1. The number of nitrogens with zero attached hydrogens (tertiary/aromatic N) is 4. The standard InChI is InChI=1S/C13H9BrN4/c14-18(13-16-8-15-9-17-13)12-7-3-5-10-4-1-2-6-11(10)12/h1-9H. The van der Waals surface area contributed by atoms with Crippen molar-refractivity contribution < 1.29 is 0 Å². The second-order valence-electron chi connectivity index (χ2n) is 3.72. The summed E-state index contributed by atoms with van der Waals surface area (Å²) < 4.78 is 1.77. The molecule has 0 unspecified atom stereocenters. The number of hydrogen-bond donors (Lipinski definition) is 0. The molecule has 3 aromatic rings. The molecule has 0 radical (unpaired) electrons. The average Bonchev–Trinajstić information content (AvgIpc) is 2.47. The molecule has 88 valence electrons. The van der Waals surface area contributed by atoms with E-state index in [4.69, 9.17) is 0 Å². The largest absolute Gasteiger partial charge is 0.244 e. The van der Waals surface area contributed by atoms with Crippen molar-refractivity contribution >= 4 is 38.6 Å². The summed E-state index contributed by atoms with van der Waals surface area (Å²) in [6.45, 7) is 0. The van der Waals surface area contributed by atoms with Crippen LogP contribution in [0.1, 0.15) is 0 Å². The number of fused-ring (bicyclic) bond motifs is 1. The van der Waals surface area contributed by atoms with E-state index >= 15 is 0 Å². The molecule has 0 spiro atoms. The third kappa shape index (κ3) is 1.93. The first kappa shape index (κ1) is 11.1. The summed E-state index contributed by atoms with van der Waals surface area (Å²) in [7, 11) is 0. The summed E-state index contributed by atoms with van der Waals surface area (Å²) in [6.07, 6.45) is 2.95. The van der Waals surface area contributed by atoms with Crippen molar-refractivity contribution in [3.05, 3.63) is 55.1 Å². The zero-order chi connectivity index (χ0) is 12.4. The summed E-state index contributed by atoms with van der Waals surface area (Å²) in [4.78, 5) is 12.1. The zero-order valence-corrected chi connectivity index (χ0v) is 10.9. The third-order valence-corrected chi connectivity index (χ3v) is 3.33.